The zero-order chi connectivity index (χ0) is 15.0. The van der Waals surface area contributed by atoms with Gasteiger partial charge in [-0.3, -0.25) is 0 Å². The van der Waals surface area contributed by atoms with Gasteiger partial charge in [-0.15, -0.1) is 0 Å². The molecule has 0 saturated heterocycles. The predicted molar refractivity (Wildman–Crippen MR) is 72.8 cm³/mol. The van der Waals surface area contributed by atoms with Gasteiger partial charge in [-0.1, -0.05) is 0 Å². The minimum Gasteiger partial charge on any atom is -0.478 e. The molecular formula is C13H18O6S. The van der Waals surface area contributed by atoms with Crippen LogP contribution in [0.5, 0.6) is 0 Å². The van der Waals surface area contributed by atoms with Crippen LogP contribution >= 0.6 is 0 Å². The summed E-state index contributed by atoms with van der Waals surface area (Å²) in [6.45, 7) is 3.32. The Kier molecular flexibility index (Phi) is 6.63. The van der Waals surface area contributed by atoms with Gasteiger partial charge in [0.2, 0.25) is 0 Å². The number of hydrogen-bond acceptors (Lipinski definition) is 5. The van der Waals surface area contributed by atoms with Gasteiger partial charge < -0.3 is 14.6 Å². The first-order valence-electron chi connectivity index (χ1n) is 6.19. The third-order valence-electron chi connectivity index (χ3n) is 2.53. The molecule has 0 unspecified atom stereocenters. The van der Waals surface area contributed by atoms with Crippen LogP contribution in [0, 0.1) is 0 Å². The minimum absolute atomic E-state index is 0.0527. The van der Waals surface area contributed by atoms with Gasteiger partial charge in [0.05, 0.1) is 36.0 Å². The number of aromatic carboxylic acids is 1. The Morgan fingerprint density at radius 3 is 2.25 bits per heavy atom. The van der Waals surface area contributed by atoms with E-state index >= 15 is 0 Å². The monoisotopic (exact) mass is 302 g/mol. The zero-order valence-corrected chi connectivity index (χ0v) is 12.1. The van der Waals surface area contributed by atoms with Crippen molar-refractivity contribution in [2.75, 3.05) is 32.2 Å². The summed E-state index contributed by atoms with van der Waals surface area (Å²) in [6.07, 6.45) is 0. The summed E-state index contributed by atoms with van der Waals surface area (Å²) < 4.78 is 34.1. The van der Waals surface area contributed by atoms with E-state index in [4.69, 9.17) is 14.6 Å². The molecule has 6 nitrogen and oxygen atoms in total. The van der Waals surface area contributed by atoms with E-state index in [-0.39, 0.29) is 22.8 Å². The Balaban J connectivity index is 2.49. The summed E-state index contributed by atoms with van der Waals surface area (Å²) >= 11 is 0. The molecule has 0 aromatic heterocycles. The second-order valence-corrected chi connectivity index (χ2v) is 6.07. The summed E-state index contributed by atoms with van der Waals surface area (Å²) in [6, 6.07) is 5.12. The van der Waals surface area contributed by atoms with Gasteiger partial charge in [0.15, 0.2) is 9.84 Å². The number of hydrogen-bond donors (Lipinski definition) is 1. The highest BCUT2D eigenvalue weighted by molar-refractivity contribution is 7.91. The topological polar surface area (TPSA) is 89.9 Å². The molecule has 0 spiro atoms. The molecule has 7 heteroatoms. The lowest BCUT2D eigenvalue weighted by Crippen LogP contribution is -2.14. The van der Waals surface area contributed by atoms with E-state index in [0.717, 1.165) is 0 Å². The maximum Gasteiger partial charge on any atom is 0.335 e. The van der Waals surface area contributed by atoms with Crippen molar-refractivity contribution in [1.29, 1.82) is 0 Å². The van der Waals surface area contributed by atoms with E-state index in [1.165, 1.54) is 24.3 Å². The van der Waals surface area contributed by atoms with Crippen molar-refractivity contribution in [3.63, 3.8) is 0 Å². The van der Waals surface area contributed by atoms with E-state index in [2.05, 4.69) is 0 Å². The molecule has 1 rings (SSSR count). The number of carboxylic acid groups (broad SMARTS) is 1. The molecule has 112 valence electrons. The van der Waals surface area contributed by atoms with Crippen LogP contribution in [-0.4, -0.2) is 51.7 Å². The summed E-state index contributed by atoms with van der Waals surface area (Å²) in [7, 11) is -3.45. The van der Waals surface area contributed by atoms with E-state index in [1.54, 1.807) is 0 Å². The first-order chi connectivity index (χ1) is 9.47. The summed E-state index contributed by atoms with van der Waals surface area (Å²) in [4.78, 5) is 10.8. The normalized spacial score (nSPS) is 11.4. The summed E-state index contributed by atoms with van der Waals surface area (Å²) in [5.41, 5.74) is 0.0527. The van der Waals surface area contributed by atoms with Crippen LogP contribution in [0.15, 0.2) is 29.2 Å². The Morgan fingerprint density at radius 1 is 1.10 bits per heavy atom. The van der Waals surface area contributed by atoms with Gasteiger partial charge in [-0.2, -0.15) is 0 Å². The molecule has 1 aromatic carbocycles. The molecule has 0 saturated carbocycles. The highest BCUT2D eigenvalue weighted by atomic mass is 32.2. The molecule has 20 heavy (non-hydrogen) atoms. The SMILES string of the molecule is CCOCCOCCS(=O)(=O)c1ccc(C(=O)O)cc1. The second-order valence-electron chi connectivity index (χ2n) is 3.96. The number of carboxylic acids is 1. The van der Waals surface area contributed by atoms with Crippen molar-refractivity contribution in [2.24, 2.45) is 0 Å². The minimum atomic E-state index is -3.45. The largest absolute Gasteiger partial charge is 0.478 e. The fourth-order valence-electron chi connectivity index (χ4n) is 1.46. The lowest BCUT2D eigenvalue weighted by molar-refractivity contribution is 0.0590. The molecule has 0 radical (unpaired) electrons. The molecule has 0 amide bonds. The standard InChI is InChI=1S/C13H18O6S/c1-2-18-7-8-19-9-10-20(16,17)12-5-3-11(4-6-12)13(14)15/h3-6H,2,7-10H2,1H3,(H,14,15). The molecule has 0 aliphatic rings. The van der Waals surface area contributed by atoms with Crippen molar-refractivity contribution >= 4 is 15.8 Å². The van der Waals surface area contributed by atoms with Crippen LogP contribution in [0.4, 0.5) is 0 Å². The number of sulfone groups is 1. The third kappa shape index (κ3) is 5.28. The molecule has 0 heterocycles. The van der Waals surface area contributed by atoms with Gasteiger partial charge >= 0.3 is 5.97 Å². The number of rotatable bonds is 9. The van der Waals surface area contributed by atoms with Crippen LogP contribution in [0.2, 0.25) is 0 Å². The first-order valence-corrected chi connectivity index (χ1v) is 7.84. The quantitative estimate of drug-likeness (QED) is 0.690. The van der Waals surface area contributed by atoms with E-state index < -0.39 is 15.8 Å². The van der Waals surface area contributed by atoms with Crippen LogP contribution in [0.3, 0.4) is 0 Å². The molecule has 0 aliphatic carbocycles. The Morgan fingerprint density at radius 2 is 1.70 bits per heavy atom. The van der Waals surface area contributed by atoms with Crippen LogP contribution in [-0.2, 0) is 19.3 Å². The van der Waals surface area contributed by atoms with E-state index in [0.29, 0.717) is 19.8 Å². The Labute approximate surface area is 118 Å². The van der Waals surface area contributed by atoms with Gasteiger partial charge in [0.25, 0.3) is 0 Å². The third-order valence-corrected chi connectivity index (χ3v) is 4.23. The molecule has 0 atom stereocenters. The van der Waals surface area contributed by atoms with Crippen molar-refractivity contribution in [2.45, 2.75) is 11.8 Å². The van der Waals surface area contributed by atoms with Gasteiger partial charge in [-0.25, -0.2) is 13.2 Å². The molecule has 1 N–H and O–H groups in total. The fraction of sp³-hybridized carbons (Fsp3) is 0.462. The molecule has 1 aromatic rings. The highest BCUT2D eigenvalue weighted by Gasteiger charge is 2.14. The maximum absolute atomic E-state index is 11.9. The number of ether oxygens (including phenoxy) is 2. The average Bonchev–Trinajstić information content (AvgIpc) is 2.43. The van der Waals surface area contributed by atoms with Gasteiger partial charge in [0, 0.05) is 6.61 Å². The first kappa shape index (κ1) is 16.6. The zero-order valence-electron chi connectivity index (χ0n) is 11.2. The van der Waals surface area contributed by atoms with E-state index in [1.807, 2.05) is 6.92 Å². The lowest BCUT2D eigenvalue weighted by atomic mass is 10.2. The molecule has 0 aliphatic heterocycles. The number of carbonyl (C=O) groups is 1. The van der Waals surface area contributed by atoms with Crippen LogP contribution < -0.4 is 0 Å². The van der Waals surface area contributed by atoms with Crippen molar-refractivity contribution in [3.8, 4) is 0 Å². The van der Waals surface area contributed by atoms with Crippen molar-refractivity contribution < 1.29 is 27.8 Å². The Hall–Kier alpha value is -1.44. The average molecular weight is 302 g/mol. The summed E-state index contributed by atoms with van der Waals surface area (Å²) in [5.74, 6) is -1.24. The van der Waals surface area contributed by atoms with Gasteiger partial charge in [0.1, 0.15) is 0 Å². The highest BCUT2D eigenvalue weighted by Crippen LogP contribution is 2.12. The van der Waals surface area contributed by atoms with Gasteiger partial charge in [-0.05, 0) is 31.2 Å². The molecule has 0 bridgehead atoms. The molecule has 0 fully saturated rings. The summed E-state index contributed by atoms with van der Waals surface area (Å²) in [5, 5.41) is 8.74. The smallest absolute Gasteiger partial charge is 0.335 e. The van der Waals surface area contributed by atoms with Crippen molar-refractivity contribution in [1.82, 2.24) is 0 Å². The van der Waals surface area contributed by atoms with E-state index in [9.17, 15) is 13.2 Å². The second kappa shape index (κ2) is 7.98. The van der Waals surface area contributed by atoms with Crippen LogP contribution in [0.25, 0.3) is 0 Å². The molecular weight excluding hydrogens is 284 g/mol. The number of benzene rings is 1. The van der Waals surface area contributed by atoms with Crippen molar-refractivity contribution in [3.05, 3.63) is 29.8 Å². The van der Waals surface area contributed by atoms with Crippen LogP contribution in [0.1, 0.15) is 17.3 Å². The predicted octanol–water partition coefficient (Wildman–Crippen LogP) is 1.21. The maximum atomic E-state index is 11.9. The lowest BCUT2D eigenvalue weighted by Gasteiger charge is -2.06. The Bertz CT molecular complexity index is 520. The fourth-order valence-corrected chi connectivity index (χ4v) is 2.58.